The van der Waals surface area contributed by atoms with E-state index in [1.807, 2.05) is 6.20 Å². The molecule has 0 radical (unpaired) electrons. The van der Waals surface area contributed by atoms with E-state index in [1.165, 1.54) is 29.3 Å². The van der Waals surface area contributed by atoms with E-state index < -0.39 is 0 Å². The Balaban J connectivity index is 1.96. The predicted molar refractivity (Wildman–Crippen MR) is 66.5 cm³/mol. The number of hydrogen-bond acceptors (Lipinski definition) is 2. The first-order valence-corrected chi connectivity index (χ1v) is 5.99. The highest BCUT2D eigenvalue weighted by Crippen LogP contribution is 2.19. The standard InChI is InChI=1S/C14H16N2/c1-2-6-13-11(4-1)7-9-16-14(13)10-12-5-3-8-15-12/h1-2,4,6-7,9,12,15H,3,5,8,10H2. The summed E-state index contributed by atoms with van der Waals surface area (Å²) in [5, 5.41) is 6.13. The van der Waals surface area contributed by atoms with Crippen LogP contribution >= 0.6 is 0 Å². The average Bonchev–Trinajstić information content (AvgIpc) is 2.82. The van der Waals surface area contributed by atoms with Crippen molar-refractivity contribution in [3.63, 3.8) is 0 Å². The van der Waals surface area contributed by atoms with Gasteiger partial charge < -0.3 is 5.32 Å². The molecule has 1 saturated heterocycles. The van der Waals surface area contributed by atoms with Gasteiger partial charge in [-0.15, -0.1) is 0 Å². The normalized spacial score (nSPS) is 20.4. The Kier molecular flexibility index (Phi) is 2.58. The Bertz CT molecular complexity index is 482. The van der Waals surface area contributed by atoms with Crippen LogP contribution in [-0.4, -0.2) is 17.6 Å². The second-order valence-corrected chi connectivity index (χ2v) is 4.48. The summed E-state index contributed by atoms with van der Waals surface area (Å²) in [6.45, 7) is 1.16. The Morgan fingerprint density at radius 3 is 3.06 bits per heavy atom. The van der Waals surface area contributed by atoms with Crippen molar-refractivity contribution >= 4 is 10.8 Å². The van der Waals surface area contributed by atoms with E-state index >= 15 is 0 Å². The Morgan fingerprint density at radius 2 is 2.19 bits per heavy atom. The highest BCUT2D eigenvalue weighted by molar-refractivity contribution is 5.84. The number of benzene rings is 1. The van der Waals surface area contributed by atoms with Crippen LogP contribution in [-0.2, 0) is 6.42 Å². The maximum Gasteiger partial charge on any atom is 0.0497 e. The minimum atomic E-state index is 0.623. The Hall–Kier alpha value is -1.41. The summed E-state index contributed by atoms with van der Waals surface area (Å²) in [5.74, 6) is 0. The van der Waals surface area contributed by atoms with Crippen LogP contribution in [0.1, 0.15) is 18.5 Å². The summed E-state index contributed by atoms with van der Waals surface area (Å²) in [6, 6.07) is 11.2. The Morgan fingerprint density at radius 1 is 1.25 bits per heavy atom. The molecule has 0 amide bonds. The number of rotatable bonds is 2. The number of fused-ring (bicyclic) bond motifs is 1. The molecule has 1 unspecified atom stereocenters. The van der Waals surface area contributed by atoms with E-state index in [-0.39, 0.29) is 0 Å². The number of aromatic nitrogens is 1. The first-order valence-electron chi connectivity index (χ1n) is 5.99. The fraction of sp³-hybridized carbons (Fsp3) is 0.357. The van der Waals surface area contributed by atoms with Crippen LogP contribution in [0, 0.1) is 0 Å². The second-order valence-electron chi connectivity index (χ2n) is 4.48. The summed E-state index contributed by atoms with van der Waals surface area (Å²) in [6.07, 6.45) is 5.56. The van der Waals surface area contributed by atoms with E-state index in [1.54, 1.807) is 0 Å². The third-order valence-electron chi connectivity index (χ3n) is 3.36. The van der Waals surface area contributed by atoms with Gasteiger partial charge in [0.2, 0.25) is 0 Å². The van der Waals surface area contributed by atoms with Crippen molar-refractivity contribution in [3.8, 4) is 0 Å². The van der Waals surface area contributed by atoms with Gasteiger partial charge in [0, 0.05) is 29.7 Å². The van der Waals surface area contributed by atoms with Crippen LogP contribution in [0.25, 0.3) is 10.8 Å². The van der Waals surface area contributed by atoms with Crippen LogP contribution in [0.2, 0.25) is 0 Å². The lowest BCUT2D eigenvalue weighted by Gasteiger charge is -2.11. The quantitative estimate of drug-likeness (QED) is 0.827. The molecule has 2 nitrogen and oxygen atoms in total. The van der Waals surface area contributed by atoms with E-state index in [0.29, 0.717) is 6.04 Å². The van der Waals surface area contributed by atoms with E-state index in [9.17, 15) is 0 Å². The van der Waals surface area contributed by atoms with Gasteiger partial charge in [-0.25, -0.2) is 0 Å². The van der Waals surface area contributed by atoms with Gasteiger partial charge in [-0.2, -0.15) is 0 Å². The molecule has 1 atom stereocenters. The average molecular weight is 212 g/mol. The molecule has 82 valence electrons. The van der Waals surface area contributed by atoms with Gasteiger partial charge in [-0.05, 0) is 30.8 Å². The molecule has 0 bridgehead atoms. The molecular formula is C14H16N2. The summed E-state index contributed by atoms with van der Waals surface area (Å²) < 4.78 is 0. The third kappa shape index (κ3) is 1.81. The van der Waals surface area contributed by atoms with Crippen LogP contribution in [0.15, 0.2) is 36.5 Å². The molecule has 0 aliphatic carbocycles. The maximum absolute atomic E-state index is 4.53. The Labute approximate surface area is 95.7 Å². The number of nitrogens with one attached hydrogen (secondary N) is 1. The summed E-state index contributed by atoms with van der Waals surface area (Å²) in [5.41, 5.74) is 1.23. The second kappa shape index (κ2) is 4.22. The highest BCUT2D eigenvalue weighted by atomic mass is 14.9. The van der Waals surface area contributed by atoms with Crippen molar-refractivity contribution in [3.05, 3.63) is 42.2 Å². The van der Waals surface area contributed by atoms with Crippen molar-refractivity contribution in [1.29, 1.82) is 0 Å². The van der Waals surface area contributed by atoms with Gasteiger partial charge >= 0.3 is 0 Å². The van der Waals surface area contributed by atoms with Gasteiger partial charge in [0.05, 0.1) is 0 Å². The number of hydrogen-bond donors (Lipinski definition) is 1. The van der Waals surface area contributed by atoms with Gasteiger partial charge in [0.15, 0.2) is 0 Å². The molecule has 1 aromatic carbocycles. The van der Waals surface area contributed by atoms with Crippen molar-refractivity contribution in [2.45, 2.75) is 25.3 Å². The summed E-state index contributed by atoms with van der Waals surface area (Å²) in [7, 11) is 0. The van der Waals surface area contributed by atoms with Gasteiger partial charge in [-0.3, -0.25) is 4.98 Å². The first-order chi connectivity index (χ1) is 7.93. The minimum Gasteiger partial charge on any atom is -0.314 e. The molecule has 1 N–H and O–H groups in total. The van der Waals surface area contributed by atoms with E-state index in [4.69, 9.17) is 0 Å². The van der Waals surface area contributed by atoms with Gasteiger partial charge in [0.1, 0.15) is 0 Å². The topological polar surface area (TPSA) is 24.9 Å². The highest BCUT2D eigenvalue weighted by Gasteiger charge is 2.15. The van der Waals surface area contributed by atoms with Crippen molar-refractivity contribution in [1.82, 2.24) is 10.3 Å². The fourth-order valence-corrected chi connectivity index (χ4v) is 2.51. The zero-order valence-corrected chi connectivity index (χ0v) is 9.32. The van der Waals surface area contributed by atoms with Crippen LogP contribution in [0.3, 0.4) is 0 Å². The molecule has 1 aliphatic heterocycles. The molecule has 0 spiro atoms. The van der Waals surface area contributed by atoms with Crippen LogP contribution in [0.5, 0.6) is 0 Å². The number of nitrogens with zero attached hydrogens (tertiary/aromatic N) is 1. The zero-order chi connectivity index (χ0) is 10.8. The van der Waals surface area contributed by atoms with Crippen molar-refractivity contribution < 1.29 is 0 Å². The first kappa shape index (κ1) is 9.79. The lowest BCUT2D eigenvalue weighted by Crippen LogP contribution is -2.24. The molecule has 1 fully saturated rings. The lowest BCUT2D eigenvalue weighted by molar-refractivity contribution is 0.597. The minimum absolute atomic E-state index is 0.623. The summed E-state index contributed by atoms with van der Waals surface area (Å²) >= 11 is 0. The van der Waals surface area contributed by atoms with Crippen molar-refractivity contribution in [2.24, 2.45) is 0 Å². The zero-order valence-electron chi connectivity index (χ0n) is 9.32. The maximum atomic E-state index is 4.53. The SMILES string of the molecule is c1ccc2c(CC3CCCN3)nccc2c1. The van der Waals surface area contributed by atoms with Gasteiger partial charge in [-0.1, -0.05) is 24.3 Å². The number of pyridine rings is 1. The third-order valence-corrected chi connectivity index (χ3v) is 3.36. The molecular weight excluding hydrogens is 196 g/mol. The van der Waals surface area contributed by atoms with Crippen LogP contribution < -0.4 is 5.32 Å². The van der Waals surface area contributed by atoms with E-state index in [2.05, 4.69) is 40.6 Å². The molecule has 1 aliphatic rings. The molecule has 1 aromatic heterocycles. The fourth-order valence-electron chi connectivity index (χ4n) is 2.51. The smallest absolute Gasteiger partial charge is 0.0497 e. The molecule has 2 aromatic rings. The molecule has 0 saturated carbocycles. The monoisotopic (exact) mass is 212 g/mol. The molecule has 16 heavy (non-hydrogen) atoms. The van der Waals surface area contributed by atoms with Crippen LogP contribution in [0.4, 0.5) is 0 Å². The van der Waals surface area contributed by atoms with Crippen molar-refractivity contribution in [2.75, 3.05) is 6.54 Å². The predicted octanol–water partition coefficient (Wildman–Crippen LogP) is 2.53. The van der Waals surface area contributed by atoms with Gasteiger partial charge in [0.25, 0.3) is 0 Å². The lowest BCUT2D eigenvalue weighted by atomic mass is 10.0. The molecule has 2 heterocycles. The summed E-state index contributed by atoms with van der Waals surface area (Å²) in [4.78, 5) is 4.53. The molecule has 3 rings (SSSR count). The molecule has 2 heteroatoms. The van der Waals surface area contributed by atoms with E-state index in [0.717, 1.165) is 13.0 Å². The largest absolute Gasteiger partial charge is 0.314 e.